The number of piperazine rings is 1. The molecule has 35 heavy (non-hydrogen) atoms. The molecule has 1 amide bonds. The Hall–Kier alpha value is -2.55. The van der Waals surface area contributed by atoms with Gasteiger partial charge in [0.1, 0.15) is 5.82 Å². The number of aromatic nitrogens is 2. The molecule has 0 bridgehead atoms. The van der Waals surface area contributed by atoms with Gasteiger partial charge in [0.25, 0.3) is 0 Å². The lowest BCUT2D eigenvalue weighted by Crippen LogP contribution is -2.49. The molecule has 6 nitrogen and oxygen atoms in total. The number of hydrogen-bond acceptors (Lipinski definition) is 5. The van der Waals surface area contributed by atoms with Crippen molar-refractivity contribution in [2.75, 3.05) is 39.3 Å². The number of halogens is 1. The van der Waals surface area contributed by atoms with Gasteiger partial charge >= 0.3 is 0 Å². The molecule has 8 heteroatoms. The quantitative estimate of drug-likeness (QED) is 0.520. The van der Waals surface area contributed by atoms with Crippen LogP contribution in [-0.2, 0) is 17.9 Å². The van der Waals surface area contributed by atoms with Crippen molar-refractivity contribution in [3.8, 4) is 5.69 Å². The molecule has 1 aromatic carbocycles. The summed E-state index contributed by atoms with van der Waals surface area (Å²) in [5, 5.41) is 6.58. The fourth-order valence-electron chi connectivity index (χ4n) is 5.81. The predicted octanol–water partition coefficient (Wildman–Crippen LogP) is 4.02. The molecule has 184 valence electrons. The van der Waals surface area contributed by atoms with Gasteiger partial charge in [0, 0.05) is 61.8 Å². The zero-order valence-electron chi connectivity index (χ0n) is 20.0. The molecule has 1 saturated carbocycles. The number of likely N-dealkylation sites (tertiary alicyclic amines) is 1. The first-order valence-corrected chi connectivity index (χ1v) is 13.5. The molecule has 6 rings (SSSR count). The number of hydrogen-bond donors (Lipinski definition) is 0. The minimum absolute atomic E-state index is 0.231. The first kappa shape index (κ1) is 22.9. The number of carbonyl (C=O) groups excluding carboxylic acids is 1. The Bertz CT molecular complexity index is 1140. The van der Waals surface area contributed by atoms with Crippen LogP contribution >= 0.6 is 11.3 Å². The van der Waals surface area contributed by atoms with Crippen LogP contribution in [-0.4, -0.2) is 69.7 Å². The summed E-state index contributed by atoms with van der Waals surface area (Å²) in [5.74, 6) is 0.390. The molecule has 2 aliphatic heterocycles. The average molecular weight is 494 g/mol. The van der Waals surface area contributed by atoms with Crippen molar-refractivity contribution in [1.29, 1.82) is 0 Å². The molecule has 0 radical (unpaired) electrons. The first-order valence-electron chi connectivity index (χ1n) is 12.6. The highest BCUT2D eigenvalue weighted by atomic mass is 32.1. The third kappa shape index (κ3) is 4.92. The lowest BCUT2D eigenvalue weighted by molar-refractivity contribution is -0.135. The van der Waals surface area contributed by atoms with Crippen LogP contribution in [0.25, 0.3) is 5.69 Å². The Labute approximate surface area is 209 Å². The van der Waals surface area contributed by atoms with Crippen molar-refractivity contribution in [2.24, 2.45) is 11.3 Å². The Morgan fingerprint density at radius 2 is 1.74 bits per heavy atom. The summed E-state index contributed by atoms with van der Waals surface area (Å²) in [5.41, 5.74) is 2.26. The zero-order chi connectivity index (χ0) is 23.8. The van der Waals surface area contributed by atoms with E-state index >= 15 is 0 Å². The Kier molecular flexibility index (Phi) is 6.20. The van der Waals surface area contributed by atoms with Crippen LogP contribution < -0.4 is 0 Å². The maximum absolute atomic E-state index is 13.2. The topological polar surface area (TPSA) is 44.6 Å². The van der Waals surface area contributed by atoms with E-state index in [-0.39, 0.29) is 17.2 Å². The molecule has 3 fully saturated rings. The lowest BCUT2D eigenvalue weighted by Gasteiger charge is -2.36. The van der Waals surface area contributed by atoms with Gasteiger partial charge in [-0.05, 0) is 73.5 Å². The molecule has 1 unspecified atom stereocenters. The number of nitrogens with zero attached hydrogens (tertiary/aromatic N) is 5. The van der Waals surface area contributed by atoms with Crippen LogP contribution in [0.2, 0.25) is 0 Å². The maximum Gasteiger partial charge on any atom is 0.226 e. The molecule has 2 aromatic heterocycles. The molecule has 1 spiro atoms. The van der Waals surface area contributed by atoms with Gasteiger partial charge in [0.15, 0.2) is 0 Å². The number of rotatable bonds is 6. The monoisotopic (exact) mass is 493 g/mol. The van der Waals surface area contributed by atoms with Crippen molar-refractivity contribution in [1.82, 2.24) is 24.5 Å². The van der Waals surface area contributed by atoms with Crippen LogP contribution in [0.3, 0.4) is 0 Å². The Morgan fingerprint density at radius 1 is 1.00 bits per heavy atom. The van der Waals surface area contributed by atoms with E-state index < -0.39 is 0 Å². The van der Waals surface area contributed by atoms with Crippen molar-refractivity contribution in [3.63, 3.8) is 0 Å². The number of thiophene rings is 1. The van der Waals surface area contributed by atoms with Crippen molar-refractivity contribution in [3.05, 3.63) is 70.4 Å². The van der Waals surface area contributed by atoms with Gasteiger partial charge in [-0.25, -0.2) is 9.07 Å². The molecule has 3 aliphatic rings. The van der Waals surface area contributed by atoms with E-state index in [4.69, 9.17) is 0 Å². The standard InChI is InChI=1S/C27H32FN5OS/c28-22-3-5-23(6-4-22)33-19-21(17-29-33)18-30-9-7-27(8-10-30)16-25(27)26(34)32-13-11-31(12-14-32)20-24-2-1-15-35-24/h1-6,15,17,19,25H,7-14,16,18,20H2. The van der Waals surface area contributed by atoms with E-state index in [1.165, 1.54) is 17.0 Å². The van der Waals surface area contributed by atoms with Crippen molar-refractivity contribution in [2.45, 2.75) is 32.4 Å². The minimum atomic E-state index is -0.239. The van der Waals surface area contributed by atoms with E-state index in [0.29, 0.717) is 5.91 Å². The zero-order valence-corrected chi connectivity index (χ0v) is 20.8. The van der Waals surface area contributed by atoms with Crippen LogP contribution in [0, 0.1) is 17.2 Å². The van der Waals surface area contributed by atoms with Gasteiger partial charge in [0.05, 0.1) is 11.9 Å². The molecule has 2 saturated heterocycles. The van der Waals surface area contributed by atoms with E-state index in [9.17, 15) is 9.18 Å². The van der Waals surface area contributed by atoms with Crippen LogP contribution in [0.15, 0.2) is 54.2 Å². The van der Waals surface area contributed by atoms with Gasteiger partial charge < -0.3 is 4.90 Å². The number of carbonyl (C=O) groups is 1. The first-order chi connectivity index (χ1) is 17.1. The summed E-state index contributed by atoms with van der Waals surface area (Å²) in [7, 11) is 0. The molecular formula is C27H32FN5OS. The van der Waals surface area contributed by atoms with Crippen molar-refractivity contribution >= 4 is 17.2 Å². The molecular weight excluding hydrogens is 461 g/mol. The minimum Gasteiger partial charge on any atom is -0.340 e. The summed E-state index contributed by atoms with van der Waals surface area (Å²) in [6, 6.07) is 10.7. The van der Waals surface area contributed by atoms with Crippen molar-refractivity contribution < 1.29 is 9.18 Å². The van der Waals surface area contributed by atoms with Gasteiger partial charge in [-0.2, -0.15) is 5.10 Å². The number of benzene rings is 1. The second kappa shape index (κ2) is 9.48. The average Bonchev–Trinajstić information content (AvgIpc) is 3.21. The van der Waals surface area contributed by atoms with Gasteiger partial charge in [-0.15, -0.1) is 11.3 Å². The summed E-state index contributed by atoms with van der Waals surface area (Å²) < 4.78 is 15.0. The van der Waals surface area contributed by atoms with Crippen LogP contribution in [0.1, 0.15) is 29.7 Å². The Morgan fingerprint density at radius 3 is 2.46 bits per heavy atom. The summed E-state index contributed by atoms with van der Waals surface area (Å²) >= 11 is 1.81. The van der Waals surface area contributed by atoms with E-state index in [0.717, 1.165) is 82.9 Å². The smallest absolute Gasteiger partial charge is 0.226 e. The second-order valence-electron chi connectivity index (χ2n) is 10.3. The third-order valence-corrected chi connectivity index (χ3v) is 8.98. The molecule has 4 heterocycles. The summed E-state index contributed by atoms with van der Waals surface area (Å²) in [6.45, 7) is 7.60. The molecule has 1 aliphatic carbocycles. The Balaban J connectivity index is 0.967. The predicted molar refractivity (Wildman–Crippen MR) is 135 cm³/mol. The van der Waals surface area contributed by atoms with Crippen LogP contribution in [0.4, 0.5) is 4.39 Å². The second-order valence-corrected chi connectivity index (χ2v) is 11.4. The normalized spacial score (nSPS) is 22.5. The van der Waals surface area contributed by atoms with E-state index in [1.807, 2.05) is 23.7 Å². The third-order valence-electron chi connectivity index (χ3n) is 8.12. The highest BCUT2D eigenvalue weighted by molar-refractivity contribution is 7.09. The highest BCUT2D eigenvalue weighted by Crippen LogP contribution is 2.60. The highest BCUT2D eigenvalue weighted by Gasteiger charge is 2.59. The number of amides is 1. The van der Waals surface area contributed by atoms with Gasteiger partial charge in [-0.3, -0.25) is 14.6 Å². The number of piperidine rings is 1. The molecule has 1 atom stereocenters. The maximum atomic E-state index is 13.2. The van der Waals surface area contributed by atoms with Crippen LogP contribution in [0.5, 0.6) is 0 Å². The summed E-state index contributed by atoms with van der Waals surface area (Å²) in [4.78, 5) is 21.7. The lowest BCUT2D eigenvalue weighted by atomic mass is 9.90. The fourth-order valence-corrected chi connectivity index (χ4v) is 6.56. The summed E-state index contributed by atoms with van der Waals surface area (Å²) in [6.07, 6.45) is 7.20. The largest absolute Gasteiger partial charge is 0.340 e. The SMILES string of the molecule is O=C(C1CC12CCN(Cc1cnn(-c3ccc(F)cc3)c1)CC2)N1CCN(Cc2cccs2)CC1. The van der Waals surface area contributed by atoms with Gasteiger partial charge in [0.2, 0.25) is 5.91 Å². The van der Waals surface area contributed by atoms with E-state index in [2.05, 4.69) is 37.3 Å². The molecule has 3 aromatic rings. The fraction of sp³-hybridized carbons (Fsp3) is 0.481. The van der Waals surface area contributed by atoms with E-state index in [1.54, 1.807) is 16.8 Å². The van der Waals surface area contributed by atoms with Gasteiger partial charge in [-0.1, -0.05) is 6.07 Å². The molecule has 0 N–H and O–H groups in total.